The number of hydrogen-bond donors (Lipinski definition) is 1. The van der Waals surface area contributed by atoms with Gasteiger partial charge in [-0.05, 0) is 13.8 Å². The Morgan fingerprint density at radius 2 is 1.40 bits per heavy atom. The molecule has 1 N–H and O–H groups in total. The van der Waals surface area contributed by atoms with Crippen molar-refractivity contribution in [2.24, 2.45) is 0 Å². The predicted molar refractivity (Wildman–Crippen MR) is 17.4 cm³/mol. The summed E-state index contributed by atoms with van der Waals surface area (Å²) in [5, 5.41) is 8.06. The Hall–Kier alpha value is 0.479. The maximum Gasteiger partial charge on any atom is 0.0483 e. The first kappa shape index (κ1) is 9.08. The molecule has 0 atom stereocenters. The van der Waals surface area contributed by atoms with E-state index in [0.717, 1.165) is 0 Å². The molecule has 0 saturated carbocycles. The Morgan fingerprint density at radius 3 is 1.40 bits per heavy atom. The zero-order valence-electron chi connectivity index (χ0n) is 3.33. The quantitative estimate of drug-likeness (QED) is 0.462. The summed E-state index contributed by atoms with van der Waals surface area (Å²) in [6.07, 6.45) is -0.167. The average Bonchev–Trinajstić information content (AvgIpc) is 0.811. The van der Waals surface area contributed by atoms with Gasteiger partial charge in [-0.2, -0.15) is 0 Å². The summed E-state index contributed by atoms with van der Waals surface area (Å²) < 4.78 is 0. The Kier molecular flexibility index (Phi) is 8.14. The van der Waals surface area contributed by atoms with E-state index in [0.29, 0.717) is 0 Å². The molecule has 0 saturated heterocycles. The number of aliphatic hydroxyl groups excluding tert-OH is 1. The minimum Gasteiger partial charge on any atom is -0.394 e. The Labute approximate surface area is 42.9 Å². The zero-order valence-corrected chi connectivity index (χ0v) is 4.27. The molecule has 1 radical (unpaired) electrons. The normalized spacial score (nSPS) is 7.20. The van der Waals surface area contributed by atoms with Crippen LogP contribution in [0.3, 0.4) is 0 Å². The topological polar surface area (TPSA) is 20.2 Å². The van der Waals surface area contributed by atoms with E-state index in [-0.39, 0.29) is 23.2 Å². The molecule has 0 aliphatic carbocycles. The minimum atomic E-state index is -0.167. The van der Waals surface area contributed by atoms with Crippen LogP contribution in [0.1, 0.15) is 13.8 Å². The molecule has 37 valence electrons. The van der Waals surface area contributed by atoms with Crippen molar-refractivity contribution in [2.75, 3.05) is 0 Å². The number of rotatable bonds is 0. The van der Waals surface area contributed by atoms with Gasteiger partial charge in [-0.3, -0.25) is 0 Å². The van der Waals surface area contributed by atoms with Gasteiger partial charge in [0.05, 0.1) is 0 Å². The smallest absolute Gasteiger partial charge is 0.0483 e. The molecular formula is C3H8CuO. The number of hydrogen-bond acceptors (Lipinski definition) is 1. The van der Waals surface area contributed by atoms with E-state index in [1.165, 1.54) is 0 Å². The van der Waals surface area contributed by atoms with E-state index in [1.807, 2.05) is 0 Å². The van der Waals surface area contributed by atoms with Gasteiger partial charge in [0.25, 0.3) is 0 Å². The molecule has 0 spiro atoms. The molecule has 0 aromatic heterocycles. The first-order valence-corrected chi connectivity index (χ1v) is 1.41. The fourth-order valence-corrected chi connectivity index (χ4v) is 0. The first-order valence-electron chi connectivity index (χ1n) is 1.41. The van der Waals surface area contributed by atoms with Crippen LogP contribution in [0.15, 0.2) is 0 Å². The third kappa shape index (κ3) is 120. The van der Waals surface area contributed by atoms with Crippen molar-refractivity contribution < 1.29 is 22.2 Å². The molecule has 0 heterocycles. The SMILES string of the molecule is CC(C)O.[Cu]. The van der Waals surface area contributed by atoms with Gasteiger partial charge < -0.3 is 5.11 Å². The molecule has 0 amide bonds. The predicted octanol–water partition coefficient (Wildman–Crippen LogP) is 0.385. The number of aliphatic hydroxyl groups is 1. The first-order chi connectivity index (χ1) is 1.73. The second-order valence-corrected chi connectivity index (χ2v) is 1.09. The van der Waals surface area contributed by atoms with Gasteiger partial charge in [-0.15, -0.1) is 0 Å². The van der Waals surface area contributed by atoms with E-state index in [2.05, 4.69) is 0 Å². The van der Waals surface area contributed by atoms with Crippen molar-refractivity contribution in [1.29, 1.82) is 0 Å². The molecule has 5 heavy (non-hydrogen) atoms. The molecule has 0 aliphatic rings. The molecule has 0 bridgehead atoms. The van der Waals surface area contributed by atoms with Crippen LogP contribution < -0.4 is 0 Å². The van der Waals surface area contributed by atoms with Crippen LogP contribution in [0, 0.1) is 0 Å². The second kappa shape index (κ2) is 4.48. The van der Waals surface area contributed by atoms with Crippen LogP contribution in [0.2, 0.25) is 0 Å². The van der Waals surface area contributed by atoms with Crippen molar-refractivity contribution in [1.82, 2.24) is 0 Å². The molecule has 0 aliphatic heterocycles. The van der Waals surface area contributed by atoms with Crippen LogP contribution in [0.4, 0.5) is 0 Å². The summed E-state index contributed by atoms with van der Waals surface area (Å²) in [6, 6.07) is 0. The molecule has 0 aromatic rings. The summed E-state index contributed by atoms with van der Waals surface area (Å²) in [4.78, 5) is 0. The zero-order chi connectivity index (χ0) is 3.58. The van der Waals surface area contributed by atoms with Gasteiger partial charge in [0.15, 0.2) is 0 Å². The average molecular weight is 124 g/mol. The molecule has 0 unspecified atom stereocenters. The largest absolute Gasteiger partial charge is 0.394 e. The van der Waals surface area contributed by atoms with E-state index < -0.39 is 0 Å². The molecule has 0 rings (SSSR count). The van der Waals surface area contributed by atoms with Gasteiger partial charge >= 0.3 is 0 Å². The van der Waals surface area contributed by atoms with Gasteiger partial charge in [-0.1, -0.05) is 0 Å². The molecule has 1 nitrogen and oxygen atoms in total. The van der Waals surface area contributed by atoms with Crippen molar-refractivity contribution in [2.45, 2.75) is 20.0 Å². The molecule has 2 heteroatoms. The van der Waals surface area contributed by atoms with Crippen LogP contribution in [-0.4, -0.2) is 11.2 Å². The van der Waals surface area contributed by atoms with Crippen LogP contribution in [0.25, 0.3) is 0 Å². The van der Waals surface area contributed by atoms with E-state index >= 15 is 0 Å². The standard InChI is InChI=1S/C3H8O.Cu/c1-3(2)4;/h3-4H,1-2H3;. The fraction of sp³-hybridized carbons (Fsp3) is 1.00. The van der Waals surface area contributed by atoms with Gasteiger partial charge in [0, 0.05) is 23.2 Å². The maximum atomic E-state index is 8.06. The Morgan fingerprint density at radius 1 is 1.40 bits per heavy atom. The van der Waals surface area contributed by atoms with E-state index in [9.17, 15) is 0 Å². The van der Waals surface area contributed by atoms with E-state index in [4.69, 9.17) is 5.11 Å². The van der Waals surface area contributed by atoms with Crippen molar-refractivity contribution >= 4 is 0 Å². The molecule has 0 aromatic carbocycles. The Bertz CT molecular complexity index is 11.6. The molecular weight excluding hydrogens is 116 g/mol. The van der Waals surface area contributed by atoms with Crippen molar-refractivity contribution in [3.05, 3.63) is 0 Å². The molecule has 0 fully saturated rings. The summed E-state index contributed by atoms with van der Waals surface area (Å²) in [6.45, 7) is 3.44. The third-order valence-electron chi connectivity index (χ3n) is 0. The van der Waals surface area contributed by atoms with Crippen molar-refractivity contribution in [3.8, 4) is 0 Å². The van der Waals surface area contributed by atoms with Crippen LogP contribution in [-0.2, 0) is 17.1 Å². The summed E-state index contributed by atoms with van der Waals surface area (Å²) in [5.41, 5.74) is 0. The fourth-order valence-electron chi connectivity index (χ4n) is 0. The Balaban J connectivity index is 0. The maximum absolute atomic E-state index is 8.06. The van der Waals surface area contributed by atoms with Crippen LogP contribution >= 0.6 is 0 Å². The second-order valence-electron chi connectivity index (χ2n) is 1.09. The summed E-state index contributed by atoms with van der Waals surface area (Å²) >= 11 is 0. The monoisotopic (exact) mass is 123 g/mol. The van der Waals surface area contributed by atoms with Gasteiger partial charge in [0.2, 0.25) is 0 Å². The van der Waals surface area contributed by atoms with Crippen LogP contribution in [0.5, 0.6) is 0 Å². The van der Waals surface area contributed by atoms with Crippen molar-refractivity contribution in [3.63, 3.8) is 0 Å². The van der Waals surface area contributed by atoms with Gasteiger partial charge in [-0.25, -0.2) is 0 Å². The van der Waals surface area contributed by atoms with Gasteiger partial charge in [0.1, 0.15) is 0 Å². The minimum absolute atomic E-state index is 0. The third-order valence-corrected chi connectivity index (χ3v) is 0. The van der Waals surface area contributed by atoms with E-state index in [1.54, 1.807) is 13.8 Å². The summed E-state index contributed by atoms with van der Waals surface area (Å²) in [7, 11) is 0. The summed E-state index contributed by atoms with van der Waals surface area (Å²) in [5.74, 6) is 0.